The van der Waals surface area contributed by atoms with Crippen molar-refractivity contribution in [3.8, 4) is 0 Å². The standard InChI is InChI=1S/C15H17NO4/c1-9-12(13(17)18)10-7-5-6-8-11(10)16(9)14(19)20-15(2,3)4/h5-8H,1-4H3,(H,17,18). The van der Waals surface area contributed by atoms with Gasteiger partial charge in [-0.2, -0.15) is 0 Å². The topological polar surface area (TPSA) is 68.5 Å². The molecule has 5 nitrogen and oxygen atoms in total. The largest absolute Gasteiger partial charge is 0.478 e. The number of carboxylic acid groups (broad SMARTS) is 1. The van der Waals surface area contributed by atoms with Gasteiger partial charge in [0.25, 0.3) is 0 Å². The van der Waals surface area contributed by atoms with Crippen LogP contribution < -0.4 is 0 Å². The van der Waals surface area contributed by atoms with Gasteiger partial charge in [0, 0.05) is 11.1 Å². The predicted octanol–water partition coefficient (Wildman–Crippen LogP) is 3.43. The Morgan fingerprint density at radius 3 is 2.35 bits per heavy atom. The third kappa shape index (κ3) is 2.39. The summed E-state index contributed by atoms with van der Waals surface area (Å²) in [5.41, 5.74) is 0.397. The van der Waals surface area contributed by atoms with Crippen molar-refractivity contribution in [3.05, 3.63) is 35.5 Å². The van der Waals surface area contributed by atoms with E-state index in [1.807, 2.05) is 0 Å². The zero-order valence-corrected chi connectivity index (χ0v) is 11.9. The van der Waals surface area contributed by atoms with E-state index in [1.54, 1.807) is 52.0 Å². The number of rotatable bonds is 1. The molecule has 1 aromatic heterocycles. The van der Waals surface area contributed by atoms with Crippen LogP contribution in [0, 0.1) is 6.92 Å². The Kier molecular flexibility index (Phi) is 3.29. The minimum absolute atomic E-state index is 0.131. The minimum atomic E-state index is -1.05. The third-order valence-electron chi connectivity index (χ3n) is 2.90. The molecule has 5 heteroatoms. The fraction of sp³-hybridized carbons (Fsp3) is 0.333. The molecule has 0 fully saturated rings. The van der Waals surface area contributed by atoms with Crippen LogP contribution in [0.1, 0.15) is 36.8 Å². The van der Waals surface area contributed by atoms with Crippen LogP contribution in [-0.2, 0) is 4.74 Å². The molecule has 106 valence electrons. The molecule has 0 atom stereocenters. The van der Waals surface area contributed by atoms with Crippen molar-refractivity contribution in [2.45, 2.75) is 33.3 Å². The molecule has 20 heavy (non-hydrogen) atoms. The summed E-state index contributed by atoms with van der Waals surface area (Å²) in [6.45, 7) is 6.91. The molecule has 0 bridgehead atoms. The highest BCUT2D eigenvalue weighted by Crippen LogP contribution is 2.26. The highest BCUT2D eigenvalue weighted by molar-refractivity contribution is 6.07. The van der Waals surface area contributed by atoms with Crippen LogP contribution in [0.25, 0.3) is 10.9 Å². The lowest BCUT2D eigenvalue weighted by molar-refractivity contribution is 0.0541. The molecular formula is C15H17NO4. The van der Waals surface area contributed by atoms with E-state index >= 15 is 0 Å². The van der Waals surface area contributed by atoms with Gasteiger partial charge in [-0.3, -0.25) is 0 Å². The second-order valence-corrected chi connectivity index (χ2v) is 5.60. The minimum Gasteiger partial charge on any atom is -0.478 e. The van der Waals surface area contributed by atoms with Gasteiger partial charge in [-0.15, -0.1) is 0 Å². The lowest BCUT2D eigenvalue weighted by Gasteiger charge is -2.20. The molecule has 0 aliphatic rings. The van der Waals surface area contributed by atoms with E-state index in [2.05, 4.69) is 0 Å². The fourth-order valence-electron chi connectivity index (χ4n) is 2.18. The van der Waals surface area contributed by atoms with E-state index in [0.717, 1.165) is 0 Å². The first-order valence-corrected chi connectivity index (χ1v) is 6.29. The smallest absolute Gasteiger partial charge is 0.419 e. The maximum absolute atomic E-state index is 12.3. The summed E-state index contributed by atoms with van der Waals surface area (Å²) in [6.07, 6.45) is -0.571. The lowest BCUT2D eigenvalue weighted by Crippen LogP contribution is -2.27. The van der Waals surface area contributed by atoms with Crippen molar-refractivity contribution >= 4 is 23.0 Å². The molecule has 0 radical (unpaired) electrons. The van der Waals surface area contributed by atoms with Gasteiger partial charge in [-0.25, -0.2) is 14.2 Å². The van der Waals surface area contributed by atoms with Crippen molar-refractivity contribution in [1.29, 1.82) is 0 Å². The Balaban J connectivity index is 2.68. The average Bonchev–Trinajstić information content (AvgIpc) is 2.58. The van der Waals surface area contributed by atoms with Gasteiger partial charge in [0.15, 0.2) is 0 Å². The first-order valence-electron chi connectivity index (χ1n) is 6.29. The van der Waals surface area contributed by atoms with E-state index in [9.17, 15) is 14.7 Å². The molecule has 1 heterocycles. The molecule has 0 saturated heterocycles. The number of carbonyl (C=O) groups excluding carboxylic acids is 1. The van der Waals surface area contributed by atoms with Gasteiger partial charge in [0.05, 0.1) is 11.1 Å². The fourth-order valence-corrected chi connectivity index (χ4v) is 2.18. The highest BCUT2D eigenvalue weighted by Gasteiger charge is 2.25. The van der Waals surface area contributed by atoms with Crippen LogP contribution in [0.2, 0.25) is 0 Å². The molecule has 0 spiro atoms. The van der Waals surface area contributed by atoms with E-state index < -0.39 is 17.7 Å². The molecular weight excluding hydrogens is 258 g/mol. The van der Waals surface area contributed by atoms with Gasteiger partial charge >= 0.3 is 12.1 Å². The Morgan fingerprint density at radius 2 is 1.80 bits per heavy atom. The molecule has 2 rings (SSSR count). The molecule has 0 saturated carbocycles. The molecule has 0 unspecified atom stereocenters. The maximum atomic E-state index is 12.3. The summed E-state index contributed by atoms with van der Waals surface area (Å²) in [4.78, 5) is 23.7. The number of hydrogen-bond acceptors (Lipinski definition) is 3. The van der Waals surface area contributed by atoms with Gasteiger partial charge in [0.1, 0.15) is 5.60 Å². The SMILES string of the molecule is Cc1c(C(=O)O)c2ccccc2n1C(=O)OC(C)(C)C. The maximum Gasteiger partial charge on any atom is 0.419 e. The van der Waals surface area contributed by atoms with Crippen LogP contribution in [0.5, 0.6) is 0 Å². The Morgan fingerprint density at radius 1 is 1.20 bits per heavy atom. The summed E-state index contributed by atoms with van der Waals surface area (Å²) < 4.78 is 6.65. The molecule has 1 aromatic carbocycles. The van der Waals surface area contributed by atoms with Crippen LogP contribution in [0.3, 0.4) is 0 Å². The number of para-hydroxylation sites is 1. The van der Waals surface area contributed by atoms with E-state index in [1.165, 1.54) is 4.57 Å². The summed E-state index contributed by atoms with van der Waals surface area (Å²) in [5, 5.41) is 9.86. The van der Waals surface area contributed by atoms with E-state index in [0.29, 0.717) is 16.6 Å². The molecule has 0 aliphatic heterocycles. The van der Waals surface area contributed by atoms with Gasteiger partial charge in [0.2, 0.25) is 0 Å². The zero-order chi connectivity index (χ0) is 15.1. The molecule has 0 amide bonds. The summed E-state index contributed by atoms with van der Waals surface area (Å²) in [5.74, 6) is -1.05. The number of ether oxygens (including phenoxy) is 1. The van der Waals surface area contributed by atoms with Crippen molar-refractivity contribution in [2.75, 3.05) is 0 Å². The number of nitrogens with zero attached hydrogens (tertiary/aromatic N) is 1. The number of aromatic carboxylic acids is 1. The normalized spacial score (nSPS) is 11.6. The number of carboxylic acids is 1. The average molecular weight is 275 g/mol. The second-order valence-electron chi connectivity index (χ2n) is 5.60. The van der Waals surface area contributed by atoms with Crippen molar-refractivity contribution in [2.24, 2.45) is 0 Å². The van der Waals surface area contributed by atoms with Gasteiger partial charge in [-0.05, 0) is 33.8 Å². The number of carbonyl (C=O) groups is 2. The number of fused-ring (bicyclic) bond motifs is 1. The van der Waals surface area contributed by atoms with Crippen molar-refractivity contribution < 1.29 is 19.4 Å². The summed E-state index contributed by atoms with van der Waals surface area (Å²) >= 11 is 0. The lowest BCUT2D eigenvalue weighted by atomic mass is 10.1. The third-order valence-corrected chi connectivity index (χ3v) is 2.90. The number of benzene rings is 1. The number of aromatic nitrogens is 1. The monoisotopic (exact) mass is 275 g/mol. The second kappa shape index (κ2) is 4.67. The quantitative estimate of drug-likeness (QED) is 0.865. The van der Waals surface area contributed by atoms with Crippen molar-refractivity contribution in [3.63, 3.8) is 0 Å². The predicted molar refractivity (Wildman–Crippen MR) is 75.3 cm³/mol. The Bertz CT molecular complexity index is 692. The van der Waals surface area contributed by atoms with Crippen LogP contribution in [0.15, 0.2) is 24.3 Å². The first-order chi connectivity index (χ1) is 9.22. The van der Waals surface area contributed by atoms with E-state index in [-0.39, 0.29) is 5.56 Å². The summed E-state index contributed by atoms with van der Waals surface area (Å²) in [7, 11) is 0. The first kappa shape index (κ1) is 14.1. The highest BCUT2D eigenvalue weighted by atomic mass is 16.6. The Labute approximate surface area is 116 Å². The molecule has 0 aliphatic carbocycles. The van der Waals surface area contributed by atoms with E-state index in [4.69, 9.17) is 4.74 Å². The number of hydrogen-bond donors (Lipinski definition) is 1. The van der Waals surface area contributed by atoms with Crippen molar-refractivity contribution in [1.82, 2.24) is 4.57 Å². The summed E-state index contributed by atoms with van der Waals surface area (Å²) in [6, 6.07) is 6.90. The van der Waals surface area contributed by atoms with Crippen LogP contribution in [0.4, 0.5) is 4.79 Å². The molecule has 2 aromatic rings. The van der Waals surface area contributed by atoms with Gasteiger partial charge in [-0.1, -0.05) is 18.2 Å². The van der Waals surface area contributed by atoms with Crippen LogP contribution in [-0.4, -0.2) is 27.3 Å². The van der Waals surface area contributed by atoms with Crippen LogP contribution >= 0.6 is 0 Å². The Hall–Kier alpha value is -2.30. The molecule has 1 N–H and O–H groups in total. The van der Waals surface area contributed by atoms with Gasteiger partial charge < -0.3 is 9.84 Å². The zero-order valence-electron chi connectivity index (χ0n) is 11.9.